The number of thiophene rings is 1. The number of H-pyrrole nitrogens is 1. The molecule has 0 saturated carbocycles. The molecule has 4 rings (SSSR count). The van der Waals surface area contributed by atoms with Crippen LogP contribution < -0.4 is 0 Å². The van der Waals surface area contributed by atoms with E-state index in [0.29, 0.717) is 11.1 Å². The molecule has 0 radical (unpaired) electrons. The highest BCUT2D eigenvalue weighted by atomic mass is 32.2. The zero-order chi connectivity index (χ0) is 19.3. The first kappa shape index (κ1) is 19.2. The molecule has 146 valence electrons. The Bertz CT molecular complexity index is 886. The predicted octanol–water partition coefficient (Wildman–Crippen LogP) is 4.50. The minimum atomic E-state index is -0.183. The smallest absolute Gasteiger partial charge is 0.235 e. The van der Waals surface area contributed by atoms with Gasteiger partial charge < -0.3 is 4.90 Å². The van der Waals surface area contributed by atoms with Crippen molar-refractivity contribution < 1.29 is 4.79 Å². The van der Waals surface area contributed by atoms with Crippen molar-refractivity contribution in [3.63, 3.8) is 0 Å². The third-order valence-corrected chi connectivity index (χ3v) is 6.97. The van der Waals surface area contributed by atoms with Crippen LogP contribution in [-0.4, -0.2) is 44.3 Å². The van der Waals surface area contributed by atoms with Crippen LogP contribution in [0, 0.1) is 5.92 Å². The normalized spacial score (nSPS) is 16.2. The van der Waals surface area contributed by atoms with Gasteiger partial charge in [-0.3, -0.25) is 9.89 Å². The summed E-state index contributed by atoms with van der Waals surface area (Å²) >= 11 is 3.05. The number of amides is 1. The first-order chi connectivity index (χ1) is 13.7. The fourth-order valence-electron chi connectivity index (χ4n) is 3.59. The van der Waals surface area contributed by atoms with E-state index in [1.165, 1.54) is 17.3 Å². The van der Waals surface area contributed by atoms with Crippen molar-refractivity contribution in [1.29, 1.82) is 0 Å². The van der Waals surface area contributed by atoms with E-state index >= 15 is 0 Å². The number of thioether (sulfide) groups is 1. The summed E-state index contributed by atoms with van der Waals surface area (Å²) in [7, 11) is 0. The summed E-state index contributed by atoms with van der Waals surface area (Å²) in [6.07, 6.45) is 3.25. The van der Waals surface area contributed by atoms with Gasteiger partial charge in [0.1, 0.15) is 0 Å². The van der Waals surface area contributed by atoms with Gasteiger partial charge in [0.05, 0.1) is 10.1 Å². The average molecular weight is 413 g/mol. The van der Waals surface area contributed by atoms with E-state index in [9.17, 15) is 4.79 Å². The predicted molar refractivity (Wildman–Crippen MR) is 114 cm³/mol. The van der Waals surface area contributed by atoms with E-state index < -0.39 is 0 Å². The Kier molecular flexibility index (Phi) is 6.12. The molecule has 1 saturated heterocycles. The number of likely N-dealkylation sites (tertiary alicyclic amines) is 1. The molecule has 1 aliphatic heterocycles. The van der Waals surface area contributed by atoms with Gasteiger partial charge in [0.2, 0.25) is 11.1 Å². The molecule has 3 aromatic rings. The first-order valence-electron chi connectivity index (χ1n) is 9.64. The van der Waals surface area contributed by atoms with E-state index in [2.05, 4.69) is 45.5 Å². The third-order valence-electron chi connectivity index (χ3n) is 5.14. The van der Waals surface area contributed by atoms with Gasteiger partial charge in [0, 0.05) is 13.1 Å². The number of piperidine rings is 1. The minimum Gasteiger partial charge on any atom is -0.342 e. The second kappa shape index (κ2) is 8.92. The van der Waals surface area contributed by atoms with E-state index in [4.69, 9.17) is 0 Å². The molecule has 1 atom stereocenters. The lowest BCUT2D eigenvalue weighted by Crippen LogP contribution is -2.42. The molecular formula is C21H24N4OS2. The SMILES string of the molecule is C[C@H](Sc1n[nH]c(-c2cccs2)n1)C(=O)N1CCC(Cc2ccccc2)CC1. The van der Waals surface area contributed by atoms with Crippen molar-refractivity contribution in [1.82, 2.24) is 20.1 Å². The van der Waals surface area contributed by atoms with Crippen LogP contribution in [0.15, 0.2) is 53.0 Å². The second-order valence-corrected chi connectivity index (χ2v) is 9.42. The van der Waals surface area contributed by atoms with E-state index in [0.717, 1.165) is 43.1 Å². The maximum atomic E-state index is 12.8. The molecule has 0 spiro atoms. The lowest BCUT2D eigenvalue weighted by atomic mass is 9.90. The molecule has 1 aromatic carbocycles. The van der Waals surface area contributed by atoms with Crippen LogP contribution in [0.5, 0.6) is 0 Å². The molecular weight excluding hydrogens is 388 g/mol. The van der Waals surface area contributed by atoms with Crippen molar-refractivity contribution in [2.24, 2.45) is 5.92 Å². The number of carbonyl (C=O) groups is 1. The lowest BCUT2D eigenvalue weighted by molar-refractivity contribution is -0.131. The van der Waals surface area contributed by atoms with E-state index in [1.807, 2.05) is 29.3 Å². The van der Waals surface area contributed by atoms with Gasteiger partial charge in [0.15, 0.2) is 5.82 Å². The summed E-state index contributed by atoms with van der Waals surface area (Å²) in [5, 5.41) is 9.68. The van der Waals surface area contributed by atoms with Gasteiger partial charge in [-0.05, 0) is 49.1 Å². The summed E-state index contributed by atoms with van der Waals surface area (Å²) in [4.78, 5) is 20.4. The van der Waals surface area contributed by atoms with Gasteiger partial charge in [-0.1, -0.05) is 48.2 Å². The lowest BCUT2D eigenvalue weighted by Gasteiger charge is -2.33. The van der Waals surface area contributed by atoms with Crippen molar-refractivity contribution in [3.8, 4) is 10.7 Å². The number of benzene rings is 1. The number of nitrogens with zero attached hydrogens (tertiary/aromatic N) is 3. The fraction of sp³-hybridized carbons (Fsp3) is 0.381. The van der Waals surface area contributed by atoms with Gasteiger partial charge in [-0.25, -0.2) is 4.98 Å². The molecule has 7 heteroatoms. The standard InChI is InChI=1S/C21H24N4OS2/c1-15(28-21-22-19(23-24-21)18-8-5-13-27-18)20(26)25-11-9-17(10-12-25)14-16-6-3-2-4-7-16/h2-8,13,15,17H,9-12,14H2,1H3,(H,22,23,24)/t15-/m0/s1. The minimum absolute atomic E-state index is 0.183. The number of carbonyl (C=O) groups excluding carboxylic acids is 1. The molecule has 1 fully saturated rings. The molecule has 1 N–H and O–H groups in total. The van der Waals surface area contributed by atoms with E-state index in [-0.39, 0.29) is 11.2 Å². The Hall–Kier alpha value is -2.12. The van der Waals surface area contributed by atoms with Crippen LogP contribution in [-0.2, 0) is 11.2 Å². The summed E-state index contributed by atoms with van der Waals surface area (Å²) in [5.41, 5.74) is 1.39. The third kappa shape index (κ3) is 4.64. The Morgan fingerprint density at radius 2 is 2.04 bits per heavy atom. The first-order valence-corrected chi connectivity index (χ1v) is 11.4. The van der Waals surface area contributed by atoms with E-state index in [1.54, 1.807) is 11.3 Å². The van der Waals surface area contributed by atoms with Crippen LogP contribution in [0.25, 0.3) is 10.7 Å². The number of hydrogen-bond donors (Lipinski definition) is 1. The molecule has 2 aromatic heterocycles. The number of rotatable bonds is 6. The van der Waals surface area contributed by atoms with Gasteiger partial charge in [0.25, 0.3) is 0 Å². The van der Waals surface area contributed by atoms with Crippen LogP contribution in [0.1, 0.15) is 25.3 Å². The zero-order valence-corrected chi connectivity index (χ0v) is 17.5. The van der Waals surface area contributed by atoms with Crippen molar-refractivity contribution >= 4 is 29.0 Å². The Balaban J connectivity index is 1.28. The van der Waals surface area contributed by atoms with Crippen LogP contribution in [0.3, 0.4) is 0 Å². The molecule has 0 bridgehead atoms. The molecule has 28 heavy (non-hydrogen) atoms. The molecule has 1 aliphatic rings. The van der Waals surface area contributed by atoms with Crippen LogP contribution in [0.4, 0.5) is 0 Å². The van der Waals surface area contributed by atoms with Gasteiger partial charge in [-0.2, -0.15) is 0 Å². The Morgan fingerprint density at radius 3 is 2.75 bits per heavy atom. The highest BCUT2D eigenvalue weighted by Gasteiger charge is 2.27. The molecule has 0 aliphatic carbocycles. The molecule has 0 unspecified atom stereocenters. The Morgan fingerprint density at radius 1 is 1.25 bits per heavy atom. The van der Waals surface area contributed by atoms with Gasteiger partial charge >= 0.3 is 0 Å². The summed E-state index contributed by atoms with van der Waals surface area (Å²) < 4.78 is 0. The van der Waals surface area contributed by atoms with Crippen molar-refractivity contribution in [3.05, 3.63) is 53.4 Å². The van der Waals surface area contributed by atoms with Gasteiger partial charge in [-0.15, -0.1) is 16.4 Å². The quantitative estimate of drug-likeness (QED) is 0.606. The summed E-state index contributed by atoms with van der Waals surface area (Å²) in [5.74, 6) is 1.61. The average Bonchev–Trinajstić information content (AvgIpc) is 3.40. The molecule has 1 amide bonds. The maximum Gasteiger partial charge on any atom is 0.235 e. The zero-order valence-electron chi connectivity index (χ0n) is 15.9. The molecule has 3 heterocycles. The second-order valence-electron chi connectivity index (χ2n) is 7.16. The summed E-state index contributed by atoms with van der Waals surface area (Å²) in [6.45, 7) is 3.63. The van der Waals surface area contributed by atoms with Crippen LogP contribution in [0.2, 0.25) is 0 Å². The molecule has 5 nitrogen and oxygen atoms in total. The number of nitrogens with one attached hydrogen (secondary N) is 1. The number of aromatic nitrogens is 3. The number of hydrogen-bond acceptors (Lipinski definition) is 5. The van der Waals surface area contributed by atoms with Crippen molar-refractivity contribution in [2.45, 2.75) is 36.6 Å². The summed E-state index contributed by atoms with van der Waals surface area (Å²) in [6, 6.07) is 14.6. The largest absolute Gasteiger partial charge is 0.342 e. The van der Waals surface area contributed by atoms with Crippen LogP contribution >= 0.6 is 23.1 Å². The monoisotopic (exact) mass is 412 g/mol. The fourth-order valence-corrected chi connectivity index (χ4v) is 5.07. The topological polar surface area (TPSA) is 61.9 Å². The van der Waals surface area contributed by atoms with Crippen molar-refractivity contribution in [2.75, 3.05) is 13.1 Å². The number of aromatic amines is 1. The highest BCUT2D eigenvalue weighted by molar-refractivity contribution is 8.00. The Labute approximate surface area is 173 Å². The maximum absolute atomic E-state index is 12.8. The highest BCUT2D eigenvalue weighted by Crippen LogP contribution is 2.28.